The van der Waals surface area contributed by atoms with Gasteiger partial charge in [-0.05, 0) is 35.4 Å². The van der Waals surface area contributed by atoms with Crippen LogP contribution in [0.4, 0.5) is 0 Å². The number of hydrogen-bond donors (Lipinski definition) is 1. The van der Waals surface area contributed by atoms with E-state index >= 15 is 0 Å². The van der Waals surface area contributed by atoms with Gasteiger partial charge in [0.15, 0.2) is 0 Å². The fourth-order valence-corrected chi connectivity index (χ4v) is 3.46. The Bertz CT molecular complexity index is 357. The molecular weight excluding hydrogens is 228 g/mol. The van der Waals surface area contributed by atoms with E-state index in [4.69, 9.17) is 0 Å². The van der Waals surface area contributed by atoms with Gasteiger partial charge in [-0.15, -0.1) is 11.3 Å². The Morgan fingerprint density at radius 3 is 3.06 bits per heavy atom. The van der Waals surface area contributed by atoms with Crippen LogP contribution in [0, 0.1) is 5.41 Å². The molecule has 1 aromatic rings. The Morgan fingerprint density at radius 2 is 2.29 bits per heavy atom. The largest absolute Gasteiger partial charge is 0.316 e. The Labute approximate surface area is 109 Å². The molecule has 0 radical (unpaired) electrons. The second kappa shape index (κ2) is 5.51. The predicted molar refractivity (Wildman–Crippen MR) is 75.6 cm³/mol. The molecule has 1 aliphatic rings. The Balaban J connectivity index is 1.89. The average Bonchev–Trinajstić information content (AvgIpc) is 2.73. The van der Waals surface area contributed by atoms with Crippen molar-refractivity contribution in [1.29, 1.82) is 0 Å². The first-order valence-electron chi connectivity index (χ1n) is 6.59. The summed E-state index contributed by atoms with van der Waals surface area (Å²) >= 11 is 1.92. The van der Waals surface area contributed by atoms with E-state index < -0.39 is 0 Å². The van der Waals surface area contributed by atoms with E-state index in [1.54, 1.807) is 10.4 Å². The first-order chi connectivity index (χ1) is 8.11. The smallest absolute Gasteiger partial charge is 0.0245 e. The van der Waals surface area contributed by atoms with E-state index in [2.05, 4.69) is 42.4 Å². The summed E-state index contributed by atoms with van der Waals surface area (Å²) < 4.78 is 0. The van der Waals surface area contributed by atoms with Crippen LogP contribution in [0.3, 0.4) is 0 Å². The molecule has 0 atom stereocenters. The monoisotopic (exact) mass is 252 g/mol. The quantitative estimate of drug-likeness (QED) is 0.867. The van der Waals surface area contributed by atoms with Crippen molar-refractivity contribution >= 4 is 11.3 Å². The van der Waals surface area contributed by atoms with Gasteiger partial charge < -0.3 is 5.32 Å². The standard InChI is InChI=1S/C14H24N2S/c1-4-15-10-14(2,3)11-16-7-5-13-12(9-16)6-8-17-13/h6,8,15H,4-5,7,9-11H2,1-3H3. The summed E-state index contributed by atoms with van der Waals surface area (Å²) in [7, 11) is 0. The van der Waals surface area contributed by atoms with Gasteiger partial charge in [-0.25, -0.2) is 0 Å². The maximum atomic E-state index is 3.47. The molecule has 1 N–H and O–H groups in total. The molecule has 1 aliphatic heterocycles. The summed E-state index contributed by atoms with van der Waals surface area (Å²) in [4.78, 5) is 4.21. The average molecular weight is 252 g/mol. The van der Waals surface area contributed by atoms with E-state index in [9.17, 15) is 0 Å². The highest BCUT2D eigenvalue weighted by molar-refractivity contribution is 7.10. The zero-order valence-corrected chi connectivity index (χ0v) is 12.1. The summed E-state index contributed by atoms with van der Waals surface area (Å²) in [6, 6.07) is 2.30. The third-order valence-electron chi connectivity index (χ3n) is 3.39. The van der Waals surface area contributed by atoms with Crippen LogP contribution < -0.4 is 5.32 Å². The lowest BCUT2D eigenvalue weighted by Gasteiger charge is -2.35. The Kier molecular flexibility index (Phi) is 4.23. The van der Waals surface area contributed by atoms with E-state index in [0.717, 1.165) is 19.6 Å². The van der Waals surface area contributed by atoms with Crippen molar-refractivity contribution in [1.82, 2.24) is 10.2 Å². The van der Waals surface area contributed by atoms with Crippen LogP contribution in [0.1, 0.15) is 31.2 Å². The van der Waals surface area contributed by atoms with Crippen molar-refractivity contribution in [2.45, 2.75) is 33.7 Å². The van der Waals surface area contributed by atoms with E-state index in [1.807, 2.05) is 11.3 Å². The number of nitrogens with one attached hydrogen (secondary N) is 1. The maximum Gasteiger partial charge on any atom is 0.0245 e. The summed E-state index contributed by atoms with van der Waals surface area (Å²) in [5.41, 5.74) is 1.92. The van der Waals surface area contributed by atoms with Gasteiger partial charge in [0.2, 0.25) is 0 Å². The molecule has 2 rings (SSSR count). The lowest BCUT2D eigenvalue weighted by molar-refractivity contribution is 0.163. The van der Waals surface area contributed by atoms with E-state index in [0.29, 0.717) is 5.41 Å². The minimum Gasteiger partial charge on any atom is -0.316 e. The van der Waals surface area contributed by atoms with Crippen molar-refractivity contribution in [3.05, 3.63) is 21.9 Å². The number of fused-ring (bicyclic) bond motifs is 1. The van der Waals surface area contributed by atoms with Crippen LogP contribution in [0.15, 0.2) is 11.4 Å². The SMILES string of the molecule is CCNCC(C)(C)CN1CCc2sccc2C1. The molecule has 0 bridgehead atoms. The predicted octanol–water partition coefficient (Wildman–Crippen LogP) is 2.74. The van der Waals surface area contributed by atoms with Crippen molar-refractivity contribution in [3.8, 4) is 0 Å². The summed E-state index contributed by atoms with van der Waals surface area (Å²) in [5, 5.41) is 5.70. The first-order valence-corrected chi connectivity index (χ1v) is 7.47. The van der Waals surface area contributed by atoms with Crippen molar-refractivity contribution in [2.75, 3.05) is 26.2 Å². The molecule has 1 aromatic heterocycles. The Hall–Kier alpha value is -0.380. The topological polar surface area (TPSA) is 15.3 Å². The van der Waals surface area contributed by atoms with Gasteiger partial charge in [-0.3, -0.25) is 4.90 Å². The fourth-order valence-electron chi connectivity index (χ4n) is 2.57. The highest BCUT2D eigenvalue weighted by Gasteiger charge is 2.24. The van der Waals surface area contributed by atoms with Gasteiger partial charge in [0.25, 0.3) is 0 Å². The second-order valence-electron chi connectivity index (χ2n) is 5.77. The molecule has 0 saturated heterocycles. The molecule has 0 unspecified atom stereocenters. The number of thiophene rings is 1. The van der Waals surface area contributed by atoms with Crippen LogP contribution in [-0.4, -0.2) is 31.1 Å². The molecule has 0 saturated carbocycles. The fraction of sp³-hybridized carbons (Fsp3) is 0.714. The second-order valence-corrected chi connectivity index (χ2v) is 6.77. The molecule has 96 valence electrons. The zero-order chi connectivity index (χ0) is 12.3. The van der Waals surface area contributed by atoms with Crippen molar-refractivity contribution < 1.29 is 0 Å². The van der Waals surface area contributed by atoms with Crippen LogP contribution in [0.5, 0.6) is 0 Å². The van der Waals surface area contributed by atoms with Gasteiger partial charge in [0, 0.05) is 31.1 Å². The number of nitrogens with zero attached hydrogens (tertiary/aromatic N) is 1. The normalized spacial score (nSPS) is 17.1. The first kappa shape index (κ1) is 13.1. The van der Waals surface area contributed by atoms with Gasteiger partial charge in [0.05, 0.1) is 0 Å². The highest BCUT2D eigenvalue weighted by Crippen LogP contribution is 2.26. The molecule has 2 heterocycles. The highest BCUT2D eigenvalue weighted by atomic mass is 32.1. The lowest BCUT2D eigenvalue weighted by Crippen LogP contribution is -2.42. The van der Waals surface area contributed by atoms with Crippen LogP contribution in [0.2, 0.25) is 0 Å². The molecule has 3 heteroatoms. The van der Waals surface area contributed by atoms with Gasteiger partial charge in [0.1, 0.15) is 0 Å². The molecule has 17 heavy (non-hydrogen) atoms. The van der Waals surface area contributed by atoms with Crippen LogP contribution in [0.25, 0.3) is 0 Å². The van der Waals surface area contributed by atoms with Gasteiger partial charge in [-0.2, -0.15) is 0 Å². The number of rotatable bonds is 5. The summed E-state index contributed by atoms with van der Waals surface area (Å²) in [5.74, 6) is 0. The molecular formula is C14H24N2S. The maximum absolute atomic E-state index is 3.47. The molecule has 0 fully saturated rings. The van der Waals surface area contributed by atoms with E-state index in [-0.39, 0.29) is 0 Å². The molecule has 0 aromatic carbocycles. The zero-order valence-electron chi connectivity index (χ0n) is 11.3. The van der Waals surface area contributed by atoms with Gasteiger partial charge in [-0.1, -0.05) is 20.8 Å². The third kappa shape index (κ3) is 3.54. The van der Waals surface area contributed by atoms with Crippen LogP contribution >= 0.6 is 11.3 Å². The molecule has 2 nitrogen and oxygen atoms in total. The Morgan fingerprint density at radius 1 is 1.47 bits per heavy atom. The van der Waals surface area contributed by atoms with Crippen LogP contribution in [-0.2, 0) is 13.0 Å². The third-order valence-corrected chi connectivity index (χ3v) is 4.41. The number of hydrogen-bond acceptors (Lipinski definition) is 3. The van der Waals surface area contributed by atoms with Crippen molar-refractivity contribution in [3.63, 3.8) is 0 Å². The molecule has 0 spiro atoms. The molecule has 0 amide bonds. The van der Waals surface area contributed by atoms with Gasteiger partial charge >= 0.3 is 0 Å². The minimum atomic E-state index is 0.365. The minimum absolute atomic E-state index is 0.365. The summed E-state index contributed by atoms with van der Waals surface area (Å²) in [6.07, 6.45) is 1.24. The van der Waals surface area contributed by atoms with E-state index in [1.165, 1.54) is 19.5 Å². The summed E-state index contributed by atoms with van der Waals surface area (Å²) in [6.45, 7) is 12.6. The lowest BCUT2D eigenvalue weighted by atomic mass is 9.91. The van der Waals surface area contributed by atoms with Crippen molar-refractivity contribution in [2.24, 2.45) is 5.41 Å². The molecule has 0 aliphatic carbocycles.